The summed E-state index contributed by atoms with van der Waals surface area (Å²) in [7, 11) is -0.552. The van der Waals surface area contributed by atoms with Crippen molar-refractivity contribution in [1.82, 2.24) is 4.31 Å². The predicted octanol–water partition coefficient (Wildman–Crippen LogP) is 2.72. The van der Waals surface area contributed by atoms with E-state index in [1.807, 2.05) is 20.8 Å². The number of hydrogen-bond acceptors (Lipinski definition) is 4. The Morgan fingerprint density at radius 1 is 1.27 bits per heavy atom. The number of thioether (sulfide) groups is 1. The van der Waals surface area contributed by atoms with Gasteiger partial charge in [-0.15, -0.1) is 11.8 Å². The van der Waals surface area contributed by atoms with E-state index in [1.165, 1.54) is 20.2 Å². The van der Waals surface area contributed by atoms with E-state index in [-0.39, 0.29) is 15.5 Å². The first-order valence-electron chi connectivity index (χ1n) is 6.90. The molecule has 0 aliphatic rings. The molecule has 0 aliphatic heterocycles. The van der Waals surface area contributed by atoms with Crippen LogP contribution in [0.3, 0.4) is 0 Å². The summed E-state index contributed by atoms with van der Waals surface area (Å²) in [5, 5.41) is 2.75. The lowest BCUT2D eigenvalue weighted by molar-refractivity contribution is -0.113. The Kier molecular flexibility index (Phi) is 6.06. The average molecular weight is 345 g/mol. The predicted molar refractivity (Wildman–Crippen MR) is 92.9 cm³/mol. The quantitative estimate of drug-likeness (QED) is 0.892. The second-order valence-electron chi connectivity index (χ2n) is 6.22. The summed E-state index contributed by atoms with van der Waals surface area (Å²) in [5.41, 5.74) is 1.14. The molecule has 1 rings (SSSR count). The highest BCUT2D eigenvalue weighted by Crippen LogP contribution is 2.25. The molecule has 0 saturated heterocycles. The maximum absolute atomic E-state index is 12.3. The van der Waals surface area contributed by atoms with E-state index in [4.69, 9.17) is 0 Å². The molecule has 0 spiro atoms. The number of rotatable bonds is 5. The molecule has 0 radical (unpaired) electrons. The summed E-state index contributed by atoms with van der Waals surface area (Å²) in [4.78, 5) is 12.2. The van der Waals surface area contributed by atoms with Crippen molar-refractivity contribution in [3.8, 4) is 0 Å². The van der Waals surface area contributed by atoms with Crippen molar-refractivity contribution in [1.29, 1.82) is 0 Å². The summed E-state index contributed by atoms with van der Waals surface area (Å²) in [6.07, 6.45) is 0. The fourth-order valence-corrected chi connectivity index (χ4v) is 3.41. The molecular weight excluding hydrogens is 320 g/mol. The molecule has 0 saturated carbocycles. The van der Waals surface area contributed by atoms with Crippen LogP contribution in [-0.4, -0.2) is 43.2 Å². The number of aryl methyl sites for hydroxylation is 1. The molecule has 0 aliphatic carbocycles. The van der Waals surface area contributed by atoms with Gasteiger partial charge in [-0.05, 0) is 24.6 Å². The molecule has 0 heterocycles. The molecular formula is C15H24N2O3S2. The van der Waals surface area contributed by atoms with E-state index < -0.39 is 10.0 Å². The van der Waals surface area contributed by atoms with Crippen molar-refractivity contribution in [2.75, 3.05) is 25.2 Å². The number of nitrogens with zero attached hydrogens (tertiary/aromatic N) is 1. The molecule has 0 unspecified atom stereocenters. The first-order valence-corrected chi connectivity index (χ1v) is 9.33. The highest BCUT2D eigenvalue weighted by molar-refractivity contribution is 8.01. The highest BCUT2D eigenvalue weighted by Gasteiger charge is 2.20. The minimum atomic E-state index is -3.52. The van der Waals surface area contributed by atoms with Crippen molar-refractivity contribution in [3.63, 3.8) is 0 Å². The van der Waals surface area contributed by atoms with Gasteiger partial charge in [0, 0.05) is 24.5 Å². The van der Waals surface area contributed by atoms with Crippen molar-refractivity contribution < 1.29 is 13.2 Å². The van der Waals surface area contributed by atoms with Crippen LogP contribution in [0.1, 0.15) is 26.3 Å². The second-order valence-corrected chi connectivity index (χ2v) is 10.1. The third kappa shape index (κ3) is 5.30. The van der Waals surface area contributed by atoms with Gasteiger partial charge < -0.3 is 5.32 Å². The monoisotopic (exact) mass is 344 g/mol. The Hall–Kier alpha value is -1.05. The summed E-state index contributed by atoms with van der Waals surface area (Å²) in [6, 6.07) is 4.91. The van der Waals surface area contributed by atoms with Crippen molar-refractivity contribution in [3.05, 3.63) is 23.8 Å². The van der Waals surface area contributed by atoms with Gasteiger partial charge in [0.15, 0.2) is 0 Å². The van der Waals surface area contributed by atoms with Crippen molar-refractivity contribution in [2.24, 2.45) is 0 Å². The molecule has 0 bridgehead atoms. The van der Waals surface area contributed by atoms with Crippen LogP contribution in [0.15, 0.2) is 23.1 Å². The Labute approximate surface area is 137 Å². The molecule has 0 aromatic heterocycles. The van der Waals surface area contributed by atoms with Crippen LogP contribution in [-0.2, 0) is 14.8 Å². The molecule has 124 valence electrons. The molecule has 1 aromatic carbocycles. The van der Waals surface area contributed by atoms with Crippen LogP contribution in [0, 0.1) is 6.92 Å². The number of anilines is 1. The van der Waals surface area contributed by atoms with E-state index in [9.17, 15) is 13.2 Å². The zero-order valence-electron chi connectivity index (χ0n) is 13.9. The highest BCUT2D eigenvalue weighted by atomic mass is 32.2. The molecule has 0 atom stereocenters. The molecule has 22 heavy (non-hydrogen) atoms. The Morgan fingerprint density at radius 3 is 2.36 bits per heavy atom. The van der Waals surface area contributed by atoms with Gasteiger partial charge in [-0.2, -0.15) is 0 Å². The maximum Gasteiger partial charge on any atom is 0.242 e. The van der Waals surface area contributed by atoms with E-state index in [0.717, 1.165) is 4.31 Å². The van der Waals surface area contributed by atoms with Gasteiger partial charge in [-0.25, -0.2) is 12.7 Å². The summed E-state index contributed by atoms with van der Waals surface area (Å²) in [5.74, 6) is 0.185. The number of sulfonamides is 1. The second kappa shape index (κ2) is 7.02. The molecule has 5 nitrogen and oxygen atoms in total. The van der Waals surface area contributed by atoms with Gasteiger partial charge in [-0.3, -0.25) is 4.79 Å². The van der Waals surface area contributed by atoms with Gasteiger partial charge >= 0.3 is 0 Å². The Bertz CT molecular complexity index is 647. The first-order chi connectivity index (χ1) is 9.93. The zero-order valence-corrected chi connectivity index (χ0v) is 15.6. The normalized spacial score (nSPS) is 12.5. The fraction of sp³-hybridized carbons (Fsp3) is 0.533. The molecule has 1 aromatic rings. The number of amides is 1. The van der Waals surface area contributed by atoms with Gasteiger partial charge in [0.25, 0.3) is 0 Å². The van der Waals surface area contributed by atoms with Gasteiger partial charge in [0.05, 0.1) is 10.6 Å². The van der Waals surface area contributed by atoms with Crippen molar-refractivity contribution >= 4 is 33.4 Å². The third-order valence-corrected chi connectivity index (χ3v) is 6.10. The average Bonchev–Trinajstić information content (AvgIpc) is 2.37. The summed E-state index contributed by atoms with van der Waals surface area (Å²) < 4.78 is 25.7. The third-order valence-electron chi connectivity index (χ3n) is 2.87. The minimum absolute atomic E-state index is 0.00401. The number of benzene rings is 1. The number of nitrogens with one attached hydrogen (secondary N) is 1. The van der Waals surface area contributed by atoms with Crippen molar-refractivity contribution in [2.45, 2.75) is 37.3 Å². The van der Waals surface area contributed by atoms with Crippen LogP contribution < -0.4 is 5.32 Å². The SMILES string of the molecule is Cc1ccc(NC(=O)CSC(C)(C)C)cc1S(=O)(=O)N(C)C. The number of hydrogen-bond donors (Lipinski definition) is 1. The van der Waals surface area contributed by atoms with Crippen LogP contribution in [0.2, 0.25) is 0 Å². The van der Waals surface area contributed by atoms with E-state index in [1.54, 1.807) is 30.8 Å². The van der Waals surface area contributed by atoms with Crippen LogP contribution in [0.5, 0.6) is 0 Å². The summed E-state index contributed by atoms with van der Waals surface area (Å²) in [6.45, 7) is 7.85. The van der Waals surface area contributed by atoms with E-state index >= 15 is 0 Å². The Morgan fingerprint density at radius 2 is 1.86 bits per heavy atom. The minimum Gasteiger partial charge on any atom is -0.325 e. The fourth-order valence-electron chi connectivity index (χ4n) is 1.63. The molecule has 1 N–H and O–H groups in total. The van der Waals surface area contributed by atoms with Gasteiger partial charge in [0.1, 0.15) is 0 Å². The zero-order chi connectivity index (χ0) is 17.1. The topological polar surface area (TPSA) is 66.5 Å². The first kappa shape index (κ1) is 19.0. The summed E-state index contributed by atoms with van der Waals surface area (Å²) >= 11 is 1.54. The smallest absolute Gasteiger partial charge is 0.242 e. The van der Waals surface area contributed by atoms with Gasteiger partial charge in [-0.1, -0.05) is 26.8 Å². The molecule has 0 fully saturated rings. The standard InChI is InChI=1S/C15H24N2O3S2/c1-11-7-8-12(9-13(11)22(19,20)17(5)6)16-14(18)10-21-15(2,3)4/h7-9H,10H2,1-6H3,(H,16,18). The van der Waals surface area contributed by atoms with Crippen LogP contribution in [0.4, 0.5) is 5.69 Å². The molecule has 1 amide bonds. The largest absolute Gasteiger partial charge is 0.325 e. The van der Waals surface area contributed by atoms with E-state index in [2.05, 4.69) is 5.32 Å². The lowest BCUT2D eigenvalue weighted by atomic mass is 10.2. The number of carbonyl (C=O) groups is 1. The van der Waals surface area contributed by atoms with Crippen LogP contribution in [0.25, 0.3) is 0 Å². The van der Waals surface area contributed by atoms with E-state index in [0.29, 0.717) is 17.0 Å². The lowest BCUT2D eigenvalue weighted by Gasteiger charge is -2.17. The number of carbonyl (C=O) groups excluding carboxylic acids is 1. The Balaban J connectivity index is 2.93. The van der Waals surface area contributed by atoms with Gasteiger partial charge in [0.2, 0.25) is 15.9 Å². The lowest BCUT2D eigenvalue weighted by Crippen LogP contribution is -2.23. The van der Waals surface area contributed by atoms with Crippen LogP contribution >= 0.6 is 11.8 Å². The molecule has 7 heteroatoms. The maximum atomic E-state index is 12.3.